The lowest BCUT2D eigenvalue weighted by Crippen LogP contribution is -2.43. The number of halogens is 1. The Balaban J connectivity index is 2.35. The second-order valence-corrected chi connectivity index (χ2v) is 6.43. The Kier molecular flexibility index (Phi) is 4.84. The Morgan fingerprint density at radius 3 is 2.58 bits per heavy atom. The standard InChI is InChI=1S/C18H17ClN2O5/c1-9-10(2)21(25)15(11-3-5-12(19)6-4-11)14(18(23)24)13(9)16-17(22)20-7-8-26-16/h3-6,16H,7-8H2,1-2H3,(H,20,22)(H,23,24). The molecule has 2 heterocycles. The molecule has 1 fully saturated rings. The van der Waals surface area contributed by atoms with Crippen molar-refractivity contribution in [1.82, 2.24) is 5.32 Å². The van der Waals surface area contributed by atoms with Crippen molar-refractivity contribution in [2.75, 3.05) is 13.2 Å². The van der Waals surface area contributed by atoms with Gasteiger partial charge in [-0.05, 0) is 31.2 Å². The summed E-state index contributed by atoms with van der Waals surface area (Å²) in [5, 5.41) is 25.8. The largest absolute Gasteiger partial charge is 0.618 e. The first-order valence-corrected chi connectivity index (χ1v) is 8.36. The Hall–Kier alpha value is -2.64. The Morgan fingerprint density at radius 1 is 1.35 bits per heavy atom. The van der Waals surface area contributed by atoms with Crippen LogP contribution in [0.5, 0.6) is 0 Å². The molecule has 1 aliphatic rings. The molecule has 7 nitrogen and oxygen atoms in total. The van der Waals surface area contributed by atoms with E-state index in [9.17, 15) is 19.9 Å². The fourth-order valence-corrected chi connectivity index (χ4v) is 3.20. The molecule has 1 aliphatic heterocycles. The van der Waals surface area contributed by atoms with Crippen LogP contribution in [0, 0.1) is 19.1 Å². The van der Waals surface area contributed by atoms with E-state index in [0.717, 1.165) is 0 Å². The van der Waals surface area contributed by atoms with Gasteiger partial charge in [-0.2, -0.15) is 4.73 Å². The van der Waals surface area contributed by atoms with Crippen LogP contribution < -0.4 is 10.0 Å². The number of carboxylic acid groups (broad SMARTS) is 1. The molecule has 1 amide bonds. The van der Waals surface area contributed by atoms with Crippen molar-refractivity contribution >= 4 is 23.5 Å². The number of carbonyl (C=O) groups excluding carboxylic acids is 1. The SMILES string of the molecule is Cc1c(C2OCCNC2=O)c(C(=O)O)c(-c2ccc(Cl)cc2)[n+]([O-])c1C. The molecule has 1 aromatic carbocycles. The second kappa shape index (κ2) is 6.93. The fourth-order valence-electron chi connectivity index (χ4n) is 3.08. The van der Waals surface area contributed by atoms with Crippen LogP contribution in [0.25, 0.3) is 11.3 Å². The number of hydrogen-bond donors (Lipinski definition) is 2. The van der Waals surface area contributed by atoms with Gasteiger partial charge in [-0.1, -0.05) is 11.6 Å². The van der Waals surface area contributed by atoms with Crippen LogP contribution in [0.4, 0.5) is 0 Å². The summed E-state index contributed by atoms with van der Waals surface area (Å²) in [6.07, 6.45) is -1.08. The van der Waals surface area contributed by atoms with Crippen molar-refractivity contribution < 1.29 is 24.2 Å². The quantitative estimate of drug-likeness (QED) is 0.631. The molecule has 0 radical (unpaired) electrons. The minimum absolute atomic E-state index is 0.0470. The highest BCUT2D eigenvalue weighted by Crippen LogP contribution is 2.33. The van der Waals surface area contributed by atoms with E-state index in [1.165, 1.54) is 0 Å². The first kappa shape index (κ1) is 18.2. The molecule has 1 saturated heterocycles. The molecule has 1 aromatic heterocycles. The monoisotopic (exact) mass is 376 g/mol. The topological polar surface area (TPSA) is 103 Å². The molecule has 2 N–H and O–H groups in total. The number of carbonyl (C=O) groups is 2. The van der Waals surface area contributed by atoms with E-state index in [0.29, 0.717) is 33.1 Å². The number of amides is 1. The van der Waals surface area contributed by atoms with E-state index in [4.69, 9.17) is 16.3 Å². The number of nitrogens with zero attached hydrogens (tertiary/aromatic N) is 1. The van der Waals surface area contributed by atoms with Crippen LogP contribution in [0.3, 0.4) is 0 Å². The average Bonchev–Trinajstić information content (AvgIpc) is 2.61. The van der Waals surface area contributed by atoms with E-state index in [-0.39, 0.29) is 23.4 Å². The summed E-state index contributed by atoms with van der Waals surface area (Å²) in [5.41, 5.74) is 1.02. The van der Waals surface area contributed by atoms with Crippen LogP contribution in [-0.2, 0) is 9.53 Å². The summed E-state index contributed by atoms with van der Waals surface area (Å²) in [6, 6.07) is 6.28. The van der Waals surface area contributed by atoms with Gasteiger partial charge < -0.3 is 20.4 Å². The lowest BCUT2D eigenvalue weighted by atomic mass is 9.91. The van der Waals surface area contributed by atoms with E-state index in [2.05, 4.69) is 5.32 Å². The number of ether oxygens (including phenoxy) is 1. The highest BCUT2D eigenvalue weighted by Gasteiger charge is 2.37. The maximum atomic E-state index is 12.8. The van der Waals surface area contributed by atoms with Gasteiger partial charge in [0.1, 0.15) is 5.56 Å². The number of benzene rings is 1. The summed E-state index contributed by atoms with van der Waals surface area (Å²) in [7, 11) is 0. The Morgan fingerprint density at radius 2 is 2.00 bits per heavy atom. The van der Waals surface area contributed by atoms with Crippen molar-refractivity contribution in [2.24, 2.45) is 0 Å². The molecule has 0 spiro atoms. The maximum absolute atomic E-state index is 12.8. The third-order valence-electron chi connectivity index (χ3n) is 4.48. The molecule has 0 aliphatic carbocycles. The zero-order chi connectivity index (χ0) is 19.0. The predicted octanol–water partition coefficient (Wildman–Crippen LogP) is 2.14. The van der Waals surface area contributed by atoms with E-state index >= 15 is 0 Å². The third-order valence-corrected chi connectivity index (χ3v) is 4.73. The third kappa shape index (κ3) is 3.00. The molecule has 1 unspecified atom stereocenters. The summed E-state index contributed by atoms with van der Waals surface area (Å²) in [5.74, 6) is -1.73. The van der Waals surface area contributed by atoms with Gasteiger partial charge in [0.15, 0.2) is 11.8 Å². The van der Waals surface area contributed by atoms with Crippen LogP contribution >= 0.6 is 11.6 Å². The summed E-state index contributed by atoms with van der Waals surface area (Å²) in [6.45, 7) is 3.81. The van der Waals surface area contributed by atoms with Crippen molar-refractivity contribution in [3.05, 3.63) is 56.9 Å². The number of morpholine rings is 1. The molecular formula is C18H17ClN2O5. The highest BCUT2D eigenvalue weighted by atomic mass is 35.5. The fraction of sp³-hybridized carbons (Fsp3) is 0.278. The molecule has 26 heavy (non-hydrogen) atoms. The molecule has 3 rings (SSSR count). The number of aromatic carboxylic acids is 1. The maximum Gasteiger partial charge on any atom is 0.342 e. The van der Waals surface area contributed by atoms with Gasteiger partial charge in [0.05, 0.1) is 6.61 Å². The normalized spacial score (nSPS) is 17.0. The summed E-state index contributed by atoms with van der Waals surface area (Å²) < 4.78 is 6.12. The Labute approximate surface area is 154 Å². The lowest BCUT2D eigenvalue weighted by Gasteiger charge is -2.26. The van der Waals surface area contributed by atoms with Gasteiger partial charge in [0.2, 0.25) is 5.69 Å². The van der Waals surface area contributed by atoms with Gasteiger partial charge in [-0.3, -0.25) is 4.79 Å². The van der Waals surface area contributed by atoms with Crippen molar-refractivity contribution in [2.45, 2.75) is 20.0 Å². The van der Waals surface area contributed by atoms with Crippen molar-refractivity contribution in [3.8, 4) is 11.3 Å². The number of rotatable bonds is 3. The average molecular weight is 377 g/mol. The number of aromatic nitrogens is 1. The summed E-state index contributed by atoms with van der Waals surface area (Å²) in [4.78, 5) is 24.4. The van der Waals surface area contributed by atoms with E-state index in [1.54, 1.807) is 38.1 Å². The first-order chi connectivity index (χ1) is 12.3. The van der Waals surface area contributed by atoms with Crippen molar-refractivity contribution in [1.29, 1.82) is 0 Å². The van der Waals surface area contributed by atoms with Crippen LogP contribution in [0.1, 0.15) is 33.3 Å². The number of carboxylic acids is 1. The van der Waals surface area contributed by atoms with E-state index < -0.39 is 18.0 Å². The predicted molar refractivity (Wildman–Crippen MR) is 94.0 cm³/mol. The van der Waals surface area contributed by atoms with Gasteiger partial charge in [-0.15, -0.1) is 0 Å². The van der Waals surface area contributed by atoms with Gasteiger partial charge in [0, 0.05) is 35.2 Å². The smallest absolute Gasteiger partial charge is 0.342 e. The number of pyridine rings is 1. The van der Waals surface area contributed by atoms with Gasteiger partial charge >= 0.3 is 5.97 Å². The van der Waals surface area contributed by atoms with Crippen LogP contribution in [-0.4, -0.2) is 30.1 Å². The zero-order valence-electron chi connectivity index (χ0n) is 14.2. The molecular weight excluding hydrogens is 360 g/mol. The van der Waals surface area contributed by atoms with Crippen LogP contribution in [0.2, 0.25) is 5.02 Å². The van der Waals surface area contributed by atoms with Crippen molar-refractivity contribution in [3.63, 3.8) is 0 Å². The molecule has 1 atom stereocenters. The molecule has 0 saturated carbocycles. The molecule has 2 aromatic rings. The minimum Gasteiger partial charge on any atom is -0.618 e. The molecule has 8 heteroatoms. The Bertz CT molecular complexity index is 896. The second-order valence-electron chi connectivity index (χ2n) is 6.00. The molecule has 136 valence electrons. The van der Waals surface area contributed by atoms with Gasteiger partial charge in [-0.25, -0.2) is 4.79 Å². The first-order valence-electron chi connectivity index (χ1n) is 7.98. The number of hydrogen-bond acceptors (Lipinski definition) is 4. The van der Waals surface area contributed by atoms with E-state index in [1.807, 2.05) is 0 Å². The van der Waals surface area contributed by atoms with Crippen LogP contribution in [0.15, 0.2) is 24.3 Å². The lowest BCUT2D eigenvalue weighted by molar-refractivity contribution is -0.601. The summed E-state index contributed by atoms with van der Waals surface area (Å²) >= 11 is 5.90. The molecule has 0 bridgehead atoms. The number of nitrogens with one attached hydrogen (secondary N) is 1. The zero-order valence-corrected chi connectivity index (χ0v) is 15.0. The minimum atomic E-state index is -1.31. The van der Waals surface area contributed by atoms with Gasteiger partial charge in [0.25, 0.3) is 5.91 Å². The highest BCUT2D eigenvalue weighted by molar-refractivity contribution is 6.30.